The summed E-state index contributed by atoms with van der Waals surface area (Å²) in [7, 11) is 0. The Morgan fingerprint density at radius 1 is 0.312 bits per heavy atom. The van der Waals surface area contributed by atoms with Gasteiger partial charge in [0.1, 0.15) is 11.2 Å². The van der Waals surface area contributed by atoms with Crippen LogP contribution in [0.1, 0.15) is 25.0 Å². The van der Waals surface area contributed by atoms with Gasteiger partial charge in [0.15, 0.2) is 17.5 Å². The number of aromatic nitrogens is 3. The molecule has 1 aliphatic rings. The van der Waals surface area contributed by atoms with Crippen molar-refractivity contribution < 1.29 is 4.42 Å². The molecule has 0 amide bonds. The molecule has 0 atom stereocenters. The molecule has 0 aliphatic heterocycles. The van der Waals surface area contributed by atoms with Crippen LogP contribution in [0.15, 0.2) is 217 Å². The van der Waals surface area contributed by atoms with Crippen molar-refractivity contribution in [3.8, 4) is 89.8 Å². The summed E-state index contributed by atoms with van der Waals surface area (Å²) in [6.45, 7) is 4.65. The monoisotopic (exact) mass is 819 g/mol. The van der Waals surface area contributed by atoms with Gasteiger partial charge in [-0.25, -0.2) is 15.0 Å². The van der Waals surface area contributed by atoms with Gasteiger partial charge in [0.05, 0.1) is 0 Å². The highest BCUT2D eigenvalue weighted by molar-refractivity contribution is 6.13. The van der Waals surface area contributed by atoms with Crippen molar-refractivity contribution in [2.24, 2.45) is 0 Å². The van der Waals surface area contributed by atoms with Crippen molar-refractivity contribution in [3.05, 3.63) is 223 Å². The summed E-state index contributed by atoms with van der Waals surface area (Å²) >= 11 is 0. The number of rotatable bonds is 7. The molecule has 2 aromatic heterocycles. The van der Waals surface area contributed by atoms with Crippen molar-refractivity contribution in [1.82, 2.24) is 15.0 Å². The van der Waals surface area contributed by atoms with Crippen LogP contribution in [-0.4, -0.2) is 15.0 Å². The van der Waals surface area contributed by atoms with Crippen molar-refractivity contribution in [1.29, 1.82) is 0 Å². The largest absolute Gasteiger partial charge is 0.456 e. The van der Waals surface area contributed by atoms with Crippen LogP contribution in [0.5, 0.6) is 0 Å². The van der Waals surface area contributed by atoms with Gasteiger partial charge in [-0.3, -0.25) is 0 Å². The fourth-order valence-electron chi connectivity index (χ4n) is 9.71. The Hall–Kier alpha value is -8.21. The number of furan rings is 1. The predicted octanol–water partition coefficient (Wildman–Crippen LogP) is 15.7. The highest BCUT2D eigenvalue weighted by Gasteiger charge is 2.35. The fourth-order valence-corrected chi connectivity index (χ4v) is 9.71. The molecule has 302 valence electrons. The van der Waals surface area contributed by atoms with Gasteiger partial charge in [-0.1, -0.05) is 196 Å². The maximum atomic E-state index is 6.56. The van der Waals surface area contributed by atoms with E-state index in [2.05, 4.69) is 196 Å². The first-order valence-corrected chi connectivity index (χ1v) is 21.8. The van der Waals surface area contributed by atoms with E-state index in [1.807, 2.05) is 30.3 Å². The first kappa shape index (κ1) is 37.5. The lowest BCUT2D eigenvalue weighted by Crippen LogP contribution is -2.14. The summed E-state index contributed by atoms with van der Waals surface area (Å²) in [5.41, 5.74) is 18.7. The SMILES string of the molecule is CC1(C)c2ccccc2-c2cc(-c3ccc(-c4ccc5oc6cccc(-c7nc(-c8cccc(-c9ccccc9)c8)nc(-c8ccccc8-c8ccccc8)n7)c6c5c4)cc3)ccc21. The maximum absolute atomic E-state index is 6.56. The second kappa shape index (κ2) is 15.0. The number of fused-ring (bicyclic) bond motifs is 6. The first-order chi connectivity index (χ1) is 31.5. The zero-order chi connectivity index (χ0) is 42.8. The van der Waals surface area contributed by atoms with E-state index in [0.29, 0.717) is 17.5 Å². The van der Waals surface area contributed by atoms with E-state index in [1.165, 1.54) is 33.4 Å². The van der Waals surface area contributed by atoms with Crippen LogP contribution in [0.2, 0.25) is 0 Å². The van der Waals surface area contributed by atoms with Gasteiger partial charge in [-0.2, -0.15) is 0 Å². The molecule has 0 fully saturated rings. The van der Waals surface area contributed by atoms with Gasteiger partial charge < -0.3 is 4.42 Å². The molecule has 0 unspecified atom stereocenters. The second-order valence-electron chi connectivity index (χ2n) is 17.2. The van der Waals surface area contributed by atoms with Crippen LogP contribution >= 0.6 is 0 Å². The molecule has 12 rings (SSSR count). The van der Waals surface area contributed by atoms with Gasteiger partial charge >= 0.3 is 0 Å². The van der Waals surface area contributed by atoms with Crippen LogP contribution in [0, 0.1) is 0 Å². The van der Waals surface area contributed by atoms with Crippen molar-refractivity contribution in [3.63, 3.8) is 0 Å². The lowest BCUT2D eigenvalue weighted by molar-refractivity contribution is 0.660. The minimum atomic E-state index is -0.0134. The Bertz CT molecular complexity index is 3570. The van der Waals surface area contributed by atoms with E-state index in [1.54, 1.807) is 0 Å². The van der Waals surface area contributed by atoms with Gasteiger partial charge in [0.25, 0.3) is 0 Å². The van der Waals surface area contributed by atoms with Crippen molar-refractivity contribution >= 4 is 21.9 Å². The zero-order valence-electron chi connectivity index (χ0n) is 35.5. The summed E-state index contributed by atoms with van der Waals surface area (Å²) in [4.78, 5) is 15.8. The molecular formula is C60H41N3O. The quantitative estimate of drug-likeness (QED) is 0.161. The van der Waals surface area contributed by atoms with Crippen molar-refractivity contribution in [2.75, 3.05) is 0 Å². The molecular weight excluding hydrogens is 779 g/mol. The predicted molar refractivity (Wildman–Crippen MR) is 263 cm³/mol. The lowest BCUT2D eigenvalue weighted by Gasteiger charge is -2.21. The molecule has 64 heavy (non-hydrogen) atoms. The van der Waals surface area contributed by atoms with Gasteiger partial charge in [-0.05, 0) is 97.1 Å². The summed E-state index contributed by atoms with van der Waals surface area (Å²) in [5.74, 6) is 1.78. The van der Waals surface area contributed by atoms with Crippen LogP contribution in [0.3, 0.4) is 0 Å². The first-order valence-electron chi connectivity index (χ1n) is 21.8. The standard InChI is InChI=1S/C60H41N3O/c1-60(2)52-25-12-11-22-47(52)50-36-43(31-33-53(50)60)39-27-29-40(30-28-39)44-32-34-54-51(37-44)56-49(24-14-26-55(56)64-54)59-62-57(45-20-13-19-42(35-45)38-15-5-3-6-16-38)61-58(63-59)48-23-10-9-21-46(48)41-17-7-4-8-18-41/h3-37H,1-2H3. The third kappa shape index (κ3) is 6.34. The van der Waals surface area contributed by atoms with Crippen LogP contribution in [-0.2, 0) is 5.41 Å². The number of nitrogens with zero attached hydrogens (tertiary/aromatic N) is 3. The van der Waals surface area contributed by atoms with E-state index in [0.717, 1.165) is 72.0 Å². The Morgan fingerprint density at radius 3 is 1.58 bits per heavy atom. The Morgan fingerprint density at radius 2 is 0.812 bits per heavy atom. The smallest absolute Gasteiger partial charge is 0.164 e. The molecule has 0 bridgehead atoms. The minimum Gasteiger partial charge on any atom is -0.456 e. The number of hydrogen-bond acceptors (Lipinski definition) is 4. The Balaban J connectivity index is 0.973. The summed E-state index contributed by atoms with van der Waals surface area (Å²) in [6.07, 6.45) is 0. The topological polar surface area (TPSA) is 51.8 Å². The van der Waals surface area contributed by atoms with E-state index < -0.39 is 0 Å². The van der Waals surface area contributed by atoms with E-state index in [4.69, 9.17) is 19.4 Å². The highest BCUT2D eigenvalue weighted by atomic mass is 16.3. The van der Waals surface area contributed by atoms with E-state index >= 15 is 0 Å². The fraction of sp³-hybridized carbons (Fsp3) is 0.0500. The van der Waals surface area contributed by atoms with E-state index in [9.17, 15) is 0 Å². The third-order valence-corrected chi connectivity index (χ3v) is 13.0. The van der Waals surface area contributed by atoms with E-state index in [-0.39, 0.29) is 5.41 Å². The molecule has 0 N–H and O–H groups in total. The molecule has 0 spiro atoms. The second-order valence-corrected chi connectivity index (χ2v) is 17.2. The normalized spacial score (nSPS) is 12.7. The number of hydrogen-bond donors (Lipinski definition) is 0. The van der Waals surface area contributed by atoms with Crippen LogP contribution in [0.4, 0.5) is 0 Å². The summed E-state index contributed by atoms with van der Waals surface area (Å²) in [6, 6.07) is 74.9. The average Bonchev–Trinajstić information content (AvgIpc) is 3.85. The van der Waals surface area contributed by atoms with Crippen LogP contribution < -0.4 is 0 Å². The Kier molecular flexibility index (Phi) is 8.80. The molecule has 0 saturated heterocycles. The third-order valence-electron chi connectivity index (χ3n) is 13.0. The zero-order valence-corrected chi connectivity index (χ0v) is 35.5. The minimum absolute atomic E-state index is 0.0134. The summed E-state index contributed by atoms with van der Waals surface area (Å²) in [5, 5.41) is 1.97. The molecule has 4 nitrogen and oxygen atoms in total. The average molecular weight is 820 g/mol. The molecule has 11 aromatic rings. The molecule has 1 aliphatic carbocycles. The molecule has 9 aromatic carbocycles. The van der Waals surface area contributed by atoms with Gasteiger partial charge in [0.2, 0.25) is 0 Å². The lowest BCUT2D eigenvalue weighted by atomic mass is 9.82. The van der Waals surface area contributed by atoms with Gasteiger partial charge in [0, 0.05) is 32.9 Å². The number of benzene rings is 9. The molecule has 0 radical (unpaired) electrons. The van der Waals surface area contributed by atoms with Crippen LogP contribution in [0.25, 0.3) is 112 Å². The van der Waals surface area contributed by atoms with Crippen molar-refractivity contribution in [2.45, 2.75) is 19.3 Å². The summed E-state index contributed by atoms with van der Waals surface area (Å²) < 4.78 is 6.56. The molecule has 4 heteroatoms. The Labute approximate surface area is 372 Å². The molecule has 2 heterocycles. The van der Waals surface area contributed by atoms with Gasteiger partial charge in [-0.15, -0.1) is 0 Å². The molecule has 0 saturated carbocycles. The maximum Gasteiger partial charge on any atom is 0.164 e. The highest BCUT2D eigenvalue weighted by Crippen LogP contribution is 2.49.